The van der Waals surface area contributed by atoms with Gasteiger partial charge in [-0.15, -0.1) is 0 Å². The zero-order valence-corrected chi connectivity index (χ0v) is 12.1. The number of hydrazone groups is 1. The zero-order chi connectivity index (χ0) is 15.9. The summed E-state index contributed by atoms with van der Waals surface area (Å²) in [5.74, 6) is -2.14. The van der Waals surface area contributed by atoms with Crippen LogP contribution in [0.4, 0.5) is 4.39 Å². The summed E-state index contributed by atoms with van der Waals surface area (Å²) in [7, 11) is 0. The maximum atomic E-state index is 13.5. The molecule has 0 heterocycles. The molecule has 110 valence electrons. The van der Waals surface area contributed by atoms with E-state index in [0.29, 0.717) is 5.56 Å². The Morgan fingerprint density at radius 3 is 2.64 bits per heavy atom. The molecule has 0 radical (unpaired) electrons. The van der Waals surface area contributed by atoms with Gasteiger partial charge in [-0.05, 0) is 17.7 Å². The SMILES string of the molecule is N#C[C@@H](C(=O)N/N=C\c1c(F)cccc1Cl)c1ccccc1. The second kappa shape index (κ2) is 7.34. The molecule has 0 bridgehead atoms. The van der Waals surface area contributed by atoms with Crippen molar-refractivity contribution in [1.82, 2.24) is 5.43 Å². The fourth-order valence-electron chi connectivity index (χ4n) is 1.79. The molecule has 2 rings (SSSR count). The van der Waals surface area contributed by atoms with E-state index in [0.717, 1.165) is 6.21 Å². The number of halogens is 2. The van der Waals surface area contributed by atoms with Crippen molar-refractivity contribution in [2.24, 2.45) is 5.10 Å². The Bertz CT molecular complexity index is 721. The van der Waals surface area contributed by atoms with Crippen LogP contribution in [-0.2, 0) is 4.79 Å². The second-order valence-electron chi connectivity index (χ2n) is 4.34. The van der Waals surface area contributed by atoms with Crippen molar-refractivity contribution in [3.63, 3.8) is 0 Å². The van der Waals surface area contributed by atoms with Gasteiger partial charge in [-0.1, -0.05) is 48.0 Å². The van der Waals surface area contributed by atoms with E-state index >= 15 is 0 Å². The molecule has 0 fully saturated rings. The lowest BCUT2D eigenvalue weighted by molar-refractivity contribution is -0.121. The molecule has 0 saturated carbocycles. The molecular weight excluding hydrogens is 305 g/mol. The van der Waals surface area contributed by atoms with Crippen molar-refractivity contribution in [3.8, 4) is 6.07 Å². The third kappa shape index (κ3) is 3.68. The summed E-state index contributed by atoms with van der Waals surface area (Å²) in [5.41, 5.74) is 2.84. The highest BCUT2D eigenvalue weighted by Gasteiger charge is 2.19. The third-order valence-electron chi connectivity index (χ3n) is 2.89. The molecule has 22 heavy (non-hydrogen) atoms. The van der Waals surface area contributed by atoms with E-state index in [1.165, 1.54) is 18.2 Å². The first-order valence-electron chi connectivity index (χ1n) is 6.35. The second-order valence-corrected chi connectivity index (χ2v) is 4.75. The molecule has 0 spiro atoms. The molecular formula is C16H11ClFN3O. The Kier molecular flexibility index (Phi) is 5.23. The average Bonchev–Trinajstić information content (AvgIpc) is 2.52. The summed E-state index contributed by atoms with van der Waals surface area (Å²) in [6.45, 7) is 0. The summed E-state index contributed by atoms with van der Waals surface area (Å²) in [6, 6.07) is 14.7. The summed E-state index contributed by atoms with van der Waals surface area (Å²) in [6.07, 6.45) is 1.11. The molecule has 0 unspecified atom stereocenters. The van der Waals surface area contributed by atoms with Crippen molar-refractivity contribution in [2.45, 2.75) is 5.92 Å². The smallest absolute Gasteiger partial charge is 0.261 e. The van der Waals surface area contributed by atoms with Crippen LogP contribution in [0.5, 0.6) is 0 Å². The largest absolute Gasteiger partial charge is 0.271 e. The monoisotopic (exact) mass is 315 g/mol. The number of hydrogen-bond acceptors (Lipinski definition) is 3. The van der Waals surface area contributed by atoms with Crippen molar-refractivity contribution in [3.05, 3.63) is 70.5 Å². The van der Waals surface area contributed by atoms with Crippen LogP contribution >= 0.6 is 11.6 Å². The fraction of sp³-hybridized carbons (Fsp3) is 0.0625. The van der Waals surface area contributed by atoms with Crippen LogP contribution in [0.1, 0.15) is 17.0 Å². The molecule has 0 aliphatic heterocycles. The Hall–Kier alpha value is -2.71. The molecule has 0 aliphatic carbocycles. The average molecular weight is 316 g/mol. The van der Waals surface area contributed by atoms with E-state index < -0.39 is 17.6 Å². The van der Waals surface area contributed by atoms with Gasteiger partial charge in [0, 0.05) is 5.56 Å². The van der Waals surface area contributed by atoms with E-state index in [1.54, 1.807) is 30.3 Å². The summed E-state index contributed by atoms with van der Waals surface area (Å²) < 4.78 is 13.5. The number of benzene rings is 2. The van der Waals surface area contributed by atoms with Crippen LogP contribution < -0.4 is 5.43 Å². The maximum Gasteiger partial charge on any atom is 0.261 e. The number of nitrogens with zero attached hydrogens (tertiary/aromatic N) is 2. The normalized spacial score (nSPS) is 11.9. The maximum absolute atomic E-state index is 13.5. The van der Waals surface area contributed by atoms with E-state index in [1.807, 2.05) is 6.07 Å². The first kappa shape index (κ1) is 15.7. The van der Waals surface area contributed by atoms with Crippen molar-refractivity contribution in [1.29, 1.82) is 5.26 Å². The predicted octanol–water partition coefficient (Wildman–Crippen LogP) is 3.24. The van der Waals surface area contributed by atoms with Crippen LogP contribution in [0.15, 0.2) is 53.6 Å². The number of carbonyl (C=O) groups is 1. The van der Waals surface area contributed by atoms with Gasteiger partial charge in [0.15, 0.2) is 5.92 Å². The number of nitriles is 1. The summed E-state index contributed by atoms with van der Waals surface area (Å²) >= 11 is 5.83. The Morgan fingerprint density at radius 2 is 2.00 bits per heavy atom. The highest BCUT2D eigenvalue weighted by atomic mass is 35.5. The predicted molar refractivity (Wildman–Crippen MR) is 81.9 cm³/mol. The van der Waals surface area contributed by atoms with Crippen molar-refractivity contribution in [2.75, 3.05) is 0 Å². The number of rotatable bonds is 4. The van der Waals surface area contributed by atoms with E-state index in [2.05, 4.69) is 10.5 Å². The van der Waals surface area contributed by atoms with Gasteiger partial charge in [-0.25, -0.2) is 9.82 Å². The van der Waals surface area contributed by atoms with Crippen molar-refractivity contribution >= 4 is 23.7 Å². The molecule has 2 aromatic carbocycles. The van der Waals surface area contributed by atoms with Crippen LogP contribution in [0.3, 0.4) is 0 Å². The number of hydrogen-bond donors (Lipinski definition) is 1. The molecule has 1 atom stereocenters. The molecule has 0 aromatic heterocycles. The van der Waals surface area contributed by atoms with Gasteiger partial charge >= 0.3 is 0 Å². The minimum atomic E-state index is -0.991. The lowest BCUT2D eigenvalue weighted by atomic mass is 10.0. The number of amides is 1. The molecule has 0 aliphatic rings. The molecule has 4 nitrogen and oxygen atoms in total. The van der Waals surface area contributed by atoms with Crippen LogP contribution in [0, 0.1) is 17.1 Å². The van der Waals surface area contributed by atoms with Gasteiger partial charge in [-0.3, -0.25) is 4.79 Å². The van der Waals surface area contributed by atoms with Gasteiger partial charge in [0.25, 0.3) is 5.91 Å². The van der Waals surface area contributed by atoms with Gasteiger partial charge < -0.3 is 0 Å². The molecule has 6 heteroatoms. The number of nitrogens with one attached hydrogen (secondary N) is 1. The Morgan fingerprint density at radius 1 is 1.27 bits per heavy atom. The van der Waals surface area contributed by atoms with Gasteiger partial charge in [-0.2, -0.15) is 10.4 Å². The van der Waals surface area contributed by atoms with Crippen LogP contribution in [0.2, 0.25) is 5.02 Å². The van der Waals surface area contributed by atoms with Crippen molar-refractivity contribution < 1.29 is 9.18 Å². The van der Waals surface area contributed by atoms with Crippen LogP contribution in [0.25, 0.3) is 0 Å². The molecule has 0 saturated heterocycles. The Labute approximate surface area is 131 Å². The lowest BCUT2D eigenvalue weighted by Crippen LogP contribution is -2.24. The quantitative estimate of drug-likeness (QED) is 0.695. The molecule has 1 N–H and O–H groups in total. The minimum absolute atomic E-state index is 0.0673. The minimum Gasteiger partial charge on any atom is -0.271 e. The fourth-order valence-corrected chi connectivity index (χ4v) is 2.00. The first-order valence-corrected chi connectivity index (χ1v) is 6.72. The Balaban J connectivity index is 2.09. The standard InChI is InChI=1S/C16H11ClFN3O/c17-14-7-4-8-15(18)13(14)10-20-21-16(22)12(9-19)11-5-2-1-3-6-11/h1-8,10,12H,(H,21,22)/b20-10-/t12-/m1/s1. The molecule has 1 amide bonds. The van der Waals surface area contributed by atoms with E-state index in [9.17, 15) is 9.18 Å². The highest BCUT2D eigenvalue weighted by molar-refractivity contribution is 6.33. The highest BCUT2D eigenvalue weighted by Crippen LogP contribution is 2.17. The topological polar surface area (TPSA) is 65.2 Å². The van der Waals surface area contributed by atoms with E-state index in [-0.39, 0.29) is 10.6 Å². The van der Waals surface area contributed by atoms with Crippen LogP contribution in [-0.4, -0.2) is 12.1 Å². The van der Waals surface area contributed by atoms with Gasteiger partial charge in [0.05, 0.1) is 17.3 Å². The molecule has 2 aromatic rings. The number of carbonyl (C=O) groups excluding carboxylic acids is 1. The summed E-state index contributed by atoms with van der Waals surface area (Å²) in [4.78, 5) is 12.0. The van der Waals surface area contributed by atoms with Gasteiger partial charge in [0.2, 0.25) is 0 Å². The lowest BCUT2D eigenvalue weighted by Gasteiger charge is -2.07. The summed E-state index contributed by atoms with van der Waals surface area (Å²) in [5, 5.41) is 12.9. The van der Waals surface area contributed by atoms with Gasteiger partial charge in [0.1, 0.15) is 5.82 Å². The first-order chi connectivity index (χ1) is 10.6. The van der Waals surface area contributed by atoms with E-state index in [4.69, 9.17) is 16.9 Å². The zero-order valence-electron chi connectivity index (χ0n) is 11.3. The third-order valence-corrected chi connectivity index (χ3v) is 3.22.